The number of anilines is 1. The van der Waals surface area contributed by atoms with E-state index >= 15 is 0 Å². The van der Waals surface area contributed by atoms with Crippen LogP contribution in [0.4, 0.5) is 5.69 Å². The second-order valence-electron chi connectivity index (χ2n) is 4.98. The number of aryl methyl sites for hydroxylation is 1. The molecule has 0 bridgehead atoms. The van der Waals surface area contributed by atoms with Crippen molar-refractivity contribution in [1.29, 1.82) is 0 Å². The van der Waals surface area contributed by atoms with E-state index in [9.17, 15) is 14.8 Å². The van der Waals surface area contributed by atoms with E-state index in [-0.39, 0.29) is 17.2 Å². The largest absolute Gasteiger partial charge is 0.508 e. The highest BCUT2D eigenvalue weighted by Crippen LogP contribution is 2.39. The predicted molar refractivity (Wildman–Crippen MR) is 83.9 cm³/mol. The molecule has 5 N–H and O–H groups in total. The zero-order valence-electron chi connectivity index (χ0n) is 11.8. The number of hydrogen-bond donors (Lipinski definition) is 5. The fourth-order valence-corrected chi connectivity index (χ4v) is 2.80. The SMILES string of the molecule is O=P(O)(O)Nc1cccc(O)c1CCCc1cccc(O)c1. The fourth-order valence-electron chi connectivity index (χ4n) is 2.28. The Hall–Kier alpha value is -2.01. The number of nitrogens with one attached hydrogen (secondary N) is 1. The average molecular weight is 323 g/mol. The summed E-state index contributed by atoms with van der Waals surface area (Å²) < 4.78 is 11.1. The molecule has 22 heavy (non-hydrogen) atoms. The summed E-state index contributed by atoms with van der Waals surface area (Å²) in [7, 11) is -4.43. The number of aromatic hydroxyl groups is 2. The minimum atomic E-state index is -4.43. The van der Waals surface area contributed by atoms with Crippen molar-refractivity contribution in [3.63, 3.8) is 0 Å². The molecule has 0 aliphatic carbocycles. The van der Waals surface area contributed by atoms with Crippen molar-refractivity contribution in [3.05, 3.63) is 53.6 Å². The molecule has 6 nitrogen and oxygen atoms in total. The van der Waals surface area contributed by atoms with Crippen LogP contribution in [0.2, 0.25) is 0 Å². The Labute approximate surface area is 128 Å². The van der Waals surface area contributed by atoms with Crippen LogP contribution in [0.3, 0.4) is 0 Å². The number of rotatable bonds is 6. The lowest BCUT2D eigenvalue weighted by Gasteiger charge is -2.14. The summed E-state index contributed by atoms with van der Waals surface area (Å²) >= 11 is 0. The zero-order chi connectivity index (χ0) is 16.2. The minimum Gasteiger partial charge on any atom is -0.508 e. The Morgan fingerprint density at radius 2 is 1.73 bits per heavy atom. The third-order valence-electron chi connectivity index (χ3n) is 3.22. The molecule has 0 aliphatic heterocycles. The molecule has 0 unspecified atom stereocenters. The van der Waals surface area contributed by atoms with E-state index in [1.54, 1.807) is 18.2 Å². The van der Waals surface area contributed by atoms with E-state index in [2.05, 4.69) is 5.09 Å². The van der Waals surface area contributed by atoms with Crippen molar-refractivity contribution in [3.8, 4) is 11.5 Å². The molecule has 0 amide bonds. The Morgan fingerprint density at radius 1 is 1.00 bits per heavy atom. The first-order chi connectivity index (χ1) is 10.3. The van der Waals surface area contributed by atoms with Crippen LogP contribution < -0.4 is 5.09 Å². The summed E-state index contributed by atoms with van der Waals surface area (Å²) in [5.74, 6) is 0.193. The van der Waals surface area contributed by atoms with E-state index in [0.29, 0.717) is 24.8 Å². The number of hydrogen-bond acceptors (Lipinski definition) is 3. The molecule has 0 fully saturated rings. The van der Waals surface area contributed by atoms with Crippen molar-refractivity contribution in [2.45, 2.75) is 19.3 Å². The van der Waals surface area contributed by atoms with Gasteiger partial charge in [0, 0.05) is 5.56 Å². The highest BCUT2D eigenvalue weighted by molar-refractivity contribution is 7.53. The number of phenolic OH excluding ortho intramolecular Hbond substituents is 2. The summed E-state index contributed by atoms with van der Waals surface area (Å²) in [4.78, 5) is 18.0. The van der Waals surface area contributed by atoms with Crippen molar-refractivity contribution in [1.82, 2.24) is 0 Å². The number of benzene rings is 2. The lowest BCUT2D eigenvalue weighted by Crippen LogP contribution is -2.00. The van der Waals surface area contributed by atoms with E-state index in [1.807, 2.05) is 6.07 Å². The van der Waals surface area contributed by atoms with Crippen LogP contribution in [0.25, 0.3) is 0 Å². The van der Waals surface area contributed by atoms with Gasteiger partial charge in [0.2, 0.25) is 0 Å². The summed E-state index contributed by atoms with van der Waals surface area (Å²) in [6.45, 7) is 0. The molecular formula is C15H18NO5P. The first-order valence-corrected chi connectivity index (χ1v) is 8.39. The molecule has 0 saturated heterocycles. The molecule has 0 aromatic heterocycles. The Balaban J connectivity index is 2.07. The van der Waals surface area contributed by atoms with Gasteiger partial charge >= 0.3 is 7.75 Å². The second kappa shape index (κ2) is 6.83. The normalized spacial score (nSPS) is 11.4. The van der Waals surface area contributed by atoms with E-state index in [0.717, 1.165) is 5.56 Å². The lowest BCUT2D eigenvalue weighted by molar-refractivity contribution is 0.380. The standard InChI is InChI=1S/C15H18NO5P/c17-12-6-1-4-11(10-12)5-2-7-13-14(16-22(19,20)21)8-3-9-15(13)18/h1,3-4,6,8-10,17-18H,2,5,7H2,(H3,16,19,20,21). The van der Waals surface area contributed by atoms with Crippen LogP contribution in [-0.4, -0.2) is 20.0 Å². The van der Waals surface area contributed by atoms with Crippen molar-refractivity contribution >= 4 is 13.4 Å². The van der Waals surface area contributed by atoms with Gasteiger partial charge in [-0.3, -0.25) is 5.09 Å². The van der Waals surface area contributed by atoms with Crippen molar-refractivity contribution in [2.24, 2.45) is 0 Å². The smallest absolute Gasteiger partial charge is 0.427 e. The Kier molecular flexibility index (Phi) is 5.08. The molecule has 0 aliphatic rings. The third kappa shape index (κ3) is 4.77. The first kappa shape index (κ1) is 16.4. The topological polar surface area (TPSA) is 110 Å². The van der Waals surface area contributed by atoms with Crippen molar-refractivity contribution in [2.75, 3.05) is 5.09 Å². The van der Waals surface area contributed by atoms with Gasteiger partial charge in [-0.05, 0) is 49.1 Å². The average Bonchev–Trinajstić information content (AvgIpc) is 2.40. The molecule has 2 aromatic rings. The maximum atomic E-state index is 11.1. The van der Waals surface area contributed by atoms with E-state index in [1.165, 1.54) is 18.2 Å². The van der Waals surface area contributed by atoms with Gasteiger partial charge in [-0.15, -0.1) is 0 Å². The maximum Gasteiger partial charge on any atom is 0.427 e. The minimum absolute atomic E-state index is 0.00522. The zero-order valence-corrected chi connectivity index (χ0v) is 12.7. The Morgan fingerprint density at radius 3 is 2.41 bits per heavy atom. The quantitative estimate of drug-likeness (QED) is 0.523. The van der Waals surface area contributed by atoms with Gasteiger partial charge in [0.05, 0.1) is 5.69 Å². The van der Waals surface area contributed by atoms with Gasteiger partial charge in [0.1, 0.15) is 11.5 Å². The third-order valence-corrected chi connectivity index (χ3v) is 3.75. The molecule has 118 valence electrons. The highest BCUT2D eigenvalue weighted by atomic mass is 31.2. The monoisotopic (exact) mass is 323 g/mol. The van der Waals surface area contributed by atoms with Crippen LogP contribution in [0, 0.1) is 0 Å². The fraction of sp³-hybridized carbons (Fsp3) is 0.200. The molecule has 0 atom stereocenters. The van der Waals surface area contributed by atoms with E-state index < -0.39 is 7.75 Å². The number of phenols is 2. The highest BCUT2D eigenvalue weighted by Gasteiger charge is 2.16. The second-order valence-corrected chi connectivity index (χ2v) is 6.29. The molecule has 2 aromatic carbocycles. The molecule has 0 heterocycles. The van der Waals surface area contributed by atoms with Gasteiger partial charge in [-0.25, -0.2) is 4.57 Å². The molecule has 2 rings (SSSR count). The summed E-state index contributed by atoms with van der Waals surface area (Å²) in [6.07, 6.45) is 1.79. The molecule has 7 heteroatoms. The molecule has 0 spiro atoms. The van der Waals surface area contributed by atoms with Gasteiger partial charge in [-0.2, -0.15) is 0 Å². The molecular weight excluding hydrogens is 305 g/mol. The molecule has 0 radical (unpaired) electrons. The summed E-state index contributed by atoms with van der Waals surface area (Å²) in [5.41, 5.74) is 1.65. The van der Waals surface area contributed by atoms with Crippen molar-refractivity contribution < 1.29 is 24.6 Å². The maximum absolute atomic E-state index is 11.1. The lowest BCUT2D eigenvalue weighted by atomic mass is 10.0. The van der Waals surface area contributed by atoms with Gasteiger partial charge in [0.15, 0.2) is 0 Å². The van der Waals surface area contributed by atoms with Crippen LogP contribution in [0.15, 0.2) is 42.5 Å². The van der Waals surface area contributed by atoms with Crippen LogP contribution in [0.5, 0.6) is 11.5 Å². The predicted octanol–water partition coefficient (Wildman–Crippen LogP) is 2.78. The van der Waals surface area contributed by atoms with Gasteiger partial charge < -0.3 is 20.0 Å². The summed E-state index contributed by atoms with van der Waals surface area (Å²) in [5, 5.41) is 21.4. The van der Waals surface area contributed by atoms with Gasteiger partial charge in [-0.1, -0.05) is 18.2 Å². The Bertz CT molecular complexity index is 698. The van der Waals surface area contributed by atoms with Gasteiger partial charge in [0.25, 0.3) is 0 Å². The van der Waals surface area contributed by atoms with Crippen LogP contribution in [0.1, 0.15) is 17.5 Å². The van der Waals surface area contributed by atoms with E-state index in [4.69, 9.17) is 9.79 Å². The van der Waals surface area contributed by atoms with Crippen LogP contribution in [-0.2, 0) is 17.4 Å². The molecule has 0 saturated carbocycles. The first-order valence-electron chi connectivity index (χ1n) is 6.78. The van der Waals surface area contributed by atoms with Crippen LogP contribution >= 0.6 is 7.75 Å². The summed E-state index contributed by atoms with van der Waals surface area (Å²) in [6, 6.07) is 11.4.